The molecule has 194 valence electrons. The van der Waals surface area contributed by atoms with Crippen molar-refractivity contribution in [3.63, 3.8) is 0 Å². The van der Waals surface area contributed by atoms with Crippen molar-refractivity contribution < 1.29 is 4.79 Å². The standard InChI is InChI=1S/C33H33N3O.ClH/c1-24-27-11-4-5-13-29(27)30-16-15-26(23-31(24)30)33(37)34-17-6-7-18-35-19-21-36(22-20-35)32-14-8-10-25-9-2-3-12-28(25)32;/h2-5,8-16,23H,1,6-7,17-22H2,(H,34,37);1H. The Balaban J connectivity index is 0.00000294. The lowest BCUT2D eigenvalue weighted by atomic mass is 10.0. The van der Waals surface area contributed by atoms with Gasteiger partial charge in [-0.15, -0.1) is 12.4 Å². The molecule has 0 atom stereocenters. The van der Waals surface area contributed by atoms with Gasteiger partial charge in [0.05, 0.1) is 0 Å². The van der Waals surface area contributed by atoms with Gasteiger partial charge in [-0.1, -0.05) is 73.3 Å². The zero-order valence-electron chi connectivity index (χ0n) is 21.7. The molecule has 4 nitrogen and oxygen atoms in total. The van der Waals surface area contributed by atoms with Crippen molar-refractivity contribution >= 4 is 40.3 Å². The molecule has 1 aliphatic heterocycles. The molecular formula is C33H34ClN3O. The third kappa shape index (κ3) is 5.07. The Labute approximate surface area is 231 Å². The fraction of sp³-hybridized carbons (Fsp3) is 0.242. The summed E-state index contributed by atoms with van der Waals surface area (Å²) in [5, 5.41) is 5.76. The number of carbonyl (C=O) groups is 1. The lowest BCUT2D eigenvalue weighted by Crippen LogP contribution is -2.46. The van der Waals surface area contributed by atoms with E-state index in [0.29, 0.717) is 12.1 Å². The van der Waals surface area contributed by atoms with Crippen LogP contribution in [0.25, 0.3) is 27.5 Å². The Hall–Kier alpha value is -3.60. The summed E-state index contributed by atoms with van der Waals surface area (Å²) in [7, 11) is 0. The van der Waals surface area contributed by atoms with E-state index in [1.165, 1.54) is 22.0 Å². The zero-order chi connectivity index (χ0) is 25.2. The van der Waals surface area contributed by atoms with E-state index >= 15 is 0 Å². The van der Waals surface area contributed by atoms with Crippen molar-refractivity contribution in [2.45, 2.75) is 12.8 Å². The van der Waals surface area contributed by atoms with Crippen molar-refractivity contribution in [2.75, 3.05) is 44.2 Å². The summed E-state index contributed by atoms with van der Waals surface area (Å²) in [6, 6.07) is 29.5. The van der Waals surface area contributed by atoms with Gasteiger partial charge in [-0.2, -0.15) is 0 Å². The highest BCUT2D eigenvalue weighted by Gasteiger charge is 2.23. The first-order chi connectivity index (χ1) is 18.2. The van der Waals surface area contributed by atoms with Gasteiger partial charge in [0.15, 0.2) is 0 Å². The third-order valence-corrected chi connectivity index (χ3v) is 7.82. The molecule has 0 unspecified atom stereocenters. The van der Waals surface area contributed by atoms with E-state index in [1.807, 2.05) is 24.3 Å². The molecule has 1 amide bonds. The summed E-state index contributed by atoms with van der Waals surface area (Å²) in [4.78, 5) is 17.9. The SMILES string of the molecule is C=C1c2ccccc2-c2ccc(C(=O)NCCCCN3CCN(c4cccc5ccccc45)CC3)cc21.Cl. The Morgan fingerprint density at radius 1 is 0.763 bits per heavy atom. The zero-order valence-corrected chi connectivity index (χ0v) is 22.5. The van der Waals surface area contributed by atoms with Crippen LogP contribution in [0.3, 0.4) is 0 Å². The van der Waals surface area contributed by atoms with Gasteiger partial charge in [0.2, 0.25) is 0 Å². The summed E-state index contributed by atoms with van der Waals surface area (Å²) in [5.41, 5.74) is 7.65. The summed E-state index contributed by atoms with van der Waals surface area (Å²) >= 11 is 0. The lowest BCUT2D eigenvalue weighted by Gasteiger charge is -2.36. The first-order valence-corrected chi connectivity index (χ1v) is 13.4. The number of hydrogen-bond donors (Lipinski definition) is 1. The molecule has 1 N–H and O–H groups in total. The van der Waals surface area contributed by atoms with Crippen LogP contribution in [-0.4, -0.2) is 50.1 Å². The summed E-state index contributed by atoms with van der Waals surface area (Å²) in [6.07, 6.45) is 2.07. The second-order valence-electron chi connectivity index (χ2n) is 10.1. The smallest absolute Gasteiger partial charge is 0.251 e. The van der Waals surface area contributed by atoms with Crippen LogP contribution in [0.2, 0.25) is 0 Å². The number of amides is 1. The Morgan fingerprint density at radius 3 is 2.32 bits per heavy atom. The highest BCUT2D eigenvalue weighted by Crippen LogP contribution is 2.43. The molecule has 5 heteroatoms. The molecular weight excluding hydrogens is 490 g/mol. The number of nitrogens with zero attached hydrogens (tertiary/aromatic N) is 2. The van der Waals surface area contributed by atoms with Crippen molar-refractivity contribution in [1.82, 2.24) is 10.2 Å². The third-order valence-electron chi connectivity index (χ3n) is 7.82. The molecule has 0 bridgehead atoms. The van der Waals surface area contributed by atoms with Gasteiger partial charge in [-0.25, -0.2) is 0 Å². The second kappa shape index (κ2) is 11.4. The van der Waals surface area contributed by atoms with Gasteiger partial charge in [0.1, 0.15) is 0 Å². The van der Waals surface area contributed by atoms with Crippen LogP contribution in [0.5, 0.6) is 0 Å². The van der Waals surface area contributed by atoms with E-state index in [0.717, 1.165) is 67.8 Å². The maximum atomic E-state index is 12.8. The number of piperazine rings is 1. The minimum atomic E-state index is -0.00439. The summed E-state index contributed by atoms with van der Waals surface area (Å²) in [6.45, 7) is 10.3. The van der Waals surface area contributed by atoms with E-state index in [4.69, 9.17) is 0 Å². The molecule has 0 spiro atoms. The van der Waals surface area contributed by atoms with Crippen molar-refractivity contribution in [3.8, 4) is 11.1 Å². The maximum absolute atomic E-state index is 12.8. The predicted molar refractivity (Wildman–Crippen MR) is 161 cm³/mol. The molecule has 1 aliphatic carbocycles. The molecule has 1 fully saturated rings. The van der Waals surface area contributed by atoms with Gasteiger partial charge in [0.25, 0.3) is 5.91 Å². The van der Waals surface area contributed by atoms with Crippen LogP contribution >= 0.6 is 12.4 Å². The van der Waals surface area contributed by atoms with E-state index in [9.17, 15) is 4.79 Å². The number of anilines is 1. The number of fused-ring (bicyclic) bond motifs is 4. The van der Waals surface area contributed by atoms with E-state index in [1.54, 1.807) is 0 Å². The molecule has 0 radical (unpaired) electrons. The van der Waals surface area contributed by atoms with Gasteiger partial charge in [-0.3, -0.25) is 9.69 Å². The van der Waals surface area contributed by atoms with E-state index in [2.05, 4.69) is 82.4 Å². The quantitative estimate of drug-likeness (QED) is 0.243. The number of unbranched alkanes of at least 4 members (excludes halogenated alkanes) is 1. The molecule has 0 aromatic heterocycles. The topological polar surface area (TPSA) is 35.6 Å². The van der Waals surface area contributed by atoms with Gasteiger partial charge in [-0.05, 0) is 70.8 Å². The molecule has 38 heavy (non-hydrogen) atoms. The fourth-order valence-corrected chi connectivity index (χ4v) is 5.76. The molecule has 0 saturated carbocycles. The minimum Gasteiger partial charge on any atom is -0.368 e. The highest BCUT2D eigenvalue weighted by molar-refractivity contribution is 6.03. The number of carbonyl (C=O) groups excluding carboxylic acids is 1. The summed E-state index contributed by atoms with van der Waals surface area (Å²) in [5.74, 6) is -0.00439. The van der Waals surface area contributed by atoms with Gasteiger partial charge < -0.3 is 10.2 Å². The first-order valence-electron chi connectivity index (χ1n) is 13.4. The van der Waals surface area contributed by atoms with Gasteiger partial charge in [0, 0.05) is 49.4 Å². The van der Waals surface area contributed by atoms with E-state index < -0.39 is 0 Å². The molecule has 1 heterocycles. The Bertz CT molecular complexity index is 1470. The first kappa shape index (κ1) is 26.0. The van der Waals surface area contributed by atoms with Crippen LogP contribution in [0.1, 0.15) is 34.3 Å². The molecule has 4 aromatic rings. The average Bonchev–Trinajstić information content (AvgIpc) is 3.24. The number of hydrogen-bond acceptors (Lipinski definition) is 3. The number of benzene rings is 4. The number of halogens is 1. The second-order valence-corrected chi connectivity index (χ2v) is 10.1. The highest BCUT2D eigenvalue weighted by atomic mass is 35.5. The molecule has 2 aliphatic rings. The number of rotatable bonds is 7. The monoisotopic (exact) mass is 523 g/mol. The van der Waals surface area contributed by atoms with Crippen LogP contribution < -0.4 is 10.2 Å². The van der Waals surface area contributed by atoms with Crippen molar-refractivity contribution in [2.24, 2.45) is 0 Å². The number of nitrogens with one attached hydrogen (secondary N) is 1. The Kier molecular flexibility index (Phi) is 7.82. The van der Waals surface area contributed by atoms with Crippen molar-refractivity contribution in [3.05, 3.63) is 108 Å². The molecule has 4 aromatic carbocycles. The average molecular weight is 524 g/mol. The van der Waals surface area contributed by atoms with Gasteiger partial charge >= 0.3 is 0 Å². The summed E-state index contributed by atoms with van der Waals surface area (Å²) < 4.78 is 0. The lowest BCUT2D eigenvalue weighted by molar-refractivity contribution is 0.0952. The minimum absolute atomic E-state index is 0. The van der Waals surface area contributed by atoms with E-state index in [-0.39, 0.29) is 18.3 Å². The largest absolute Gasteiger partial charge is 0.368 e. The predicted octanol–water partition coefficient (Wildman–Crippen LogP) is 6.64. The Morgan fingerprint density at radius 2 is 1.47 bits per heavy atom. The molecule has 6 rings (SSSR count). The van der Waals surface area contributed by atoms with Crippen LogP contribution in [0.15, 0.2) is 91.5 Å². The molecule has 1 saturated heterocycles. The van der Waals surface area contributed by atoms with Crippen LogP contribution in [-0.2, 0) is 0 Å². The normalized spacial score (nSPS) is 14.6. The van der Waals surface area contributed by atoms with Crippen LogP contribution in [0, 0.1) is 0 Å². The van der Waals surface area contributed by atoms with Crippen molar-refractivity contribution in [1.29, 1.82) is 0 Å². The fourth-order valence-electron chi connectivity index (χ4n) is 5.76. The maximum Gasteiger partial charge on any atom is 0.251 e. The van der Waals surface area contributed by atoms with Crippen LogP contribution in [0.4, 0.5) is 5.69 Å².